The maximum Gasteiger partial charge on any atom is 0.416 e. The first-order valence-corrected chi connectivity index (χ1v) is 13.4. The van der Waals surface area contributed by atoms with Gasteiger partial charge in [-0.15, -0.1) is 0 Å². The summed E-state index contributed by atoms with van der Waals surface area (Å²) in [6, 6.07) is 20.1. The Kier molecular flexibility index (Phi) is 9.21. The van der Waals surface area contributed by atoms with Crippen LogP contribution in [0.2, 0.25) is 0 Å². The molecular weight excluding hydrogens is 641 g/mol. The summed E-state index contributed by atoms with van der Waals surface area (Å²) >= 11 is 0. The van der Waals surface area contributed by atoms with Crippen LogP contribution in [-0.4, -0.2) is 40.9 Å². The predicted octanol–water partition coefficient (Wildman–Crippen LogP) is 7.82. The van der Waals surface area contributed by atoms with Crippen LogP contribution in [0.3, 0.4) is 0 Å². The highest BCUT2D eigenvalue weighted by Crippen LogP contribution is 2.32. The molecule has 0 amide bonds. The number of aromatic nitrogens is 4. The number of nitrogens with zero attached hydrogens (tertiary/aromatic N) is 5. The van der Waals surface area contributed by atoms with Crippen LogP contribution in [0.1, 0.15) is 16.1 Å². The van der Waals surface area contributed by atoms with Crippen molar-refractivity contribution < 1.29 is 42.4 Å². The number of fused-ring (bicyclic) bond motifs is 1. The average molecular weight is 661 g/mol. The molecule has 0 spiro atoms. The molecule has 0 fully saturated rings. The van der Waals surface area contributed by atoms with Crippen LogP contribution >= 0.6 is 0 Å². The van der Waals surface area contributed by atoms with Gasteiger partial charge in [0.15, 0.2) is 11.5 Å². The summed E-state index contributed by atoms with van der Waals surface area (Å²) in [5.41, 5.74) is -0.0478. The van der Waals surface area contributed by atoms with E-state index in [0.29, 0.717) is 34.2 Å². The van der Waals surface area contributed by atoms with E-state index >= 15 is 0 Å². The number of ether oxygens (including phenoxy) is 2. The van der Waals surface area contributed by atoms with Gasteiger partial charge in [0.2, 0.25) is 0 Å². The Morgan fingerprint density at radius 1 is 0.729 bits per heavy atom. The number of halogens is 3. The van der Waals surface area contributed by atoms with Gasteiger partial charge in [0, 0.05) is 48.8 Å². The molecule has 3 heterocycles. The van der Waals surface area contributed by atoms with Crippen molar-refractivity contribution in [3.8, 4) is 34.5 Å². The second-order valence-electron chi connectivity index (χ2n) is 9.58. The van der Waals surface area contributed by atoms with Crippen molar-refractivity contribution in [1.82, 2.24) is 19.9 Å². The number of carboxylic acids is 1. The van der Waals surface area contributed by atoms with E-state index in [1.807, 2.05) is 0 Å². The standard InChI is InChI=1S/C19H11F3N4O3.C12H8N2O5/c20-19(21,22)11-1-6-15-16(9-11)25-18(24-15)17-10-14(7-8-23-17)29-13-4-2-12(3-5-13)26(27)28;15-12(16)11-7-10(5-6-13-11)19-9-3-1-8(2-4-9)14(17)18/h1-10H,(H,24,25);1-7H,(H,15,16). The third-order valence-corrected chi connectivity index (χ3v) is 6.30. The topological polar surface area (TPSA) is 196 Å². The van der Waals surface area contributed by atoms with Crippen molar-refractivity contribution in [2.24, 2.45) is 0 Å². The number of aromatic amines is 1. The Balaban J connectivity index is 0.000000206. The van der Waals surface area contributed by atoms with Gasteiger partial charge in [-0.3, -0.25) is 25.2 Å². The molecule has 0 aliphatic rings. The molecule has 242 valence electrons. The molecule has 14 nitrogen and oxygen atoms in total. The summed E-state index contributed by atoms with van der Waals surface area (Å²) in [5.74, 6) is 0.560. The van der Waals surface area contributed by atoms with E-state index in [9.17, 15) is 38.2 Å². The van der Waals surface area contributed by atoms with Crippen LogP contribution < -0.4 is 9.47 Å². The Labute approximate surface area is 266 Å². The number of pyridine rings is 2. The third-order valence-electron chi connectivity index (χ3n) is 6.30. The minimum absolute atomic E-state index is 0.0479. The van der Waals surface area contributed by atoms with Gasteiger partial charge in [-0.25, -0.2) is 14.8 Å². The lowest BCUT2D eigenvalue weighted by molar-refractivity contribution is -0.385. The van der Waals surface area contributed by atoms with Gasteiger partial charge in [-0.1, -0.05) is 0 Å². The highest BCUT2D eigenvalue weighted by atomic mass is 19.4. The van der Waals surface area contributed by atoms with Crippen molar-refractivity contribution >= 4 is 28.4 Å². The van der Waals surface area contributed by atoms with Gasteiger partial charge in [0.1, 0.15) is 28.7 Å². The van der Waals surface area contributed by atoms with E-state index in [4.69, 9.17) is 14.6 Å². The normalized spacial score (nSPS) is 10.9. The smallest absolute Gasteiger partial charge is 0.416 e. The summed E-state index contributed by atoms with van der Waals surface area (Å²) in [6.45, 7) is 0. The summed E-state index contributed by atoms with van der Waals surface area (Å²) in [4.78, 5) is 45.8. The lowest BCUT2D eigenvalue weighted by atomic mass is 10.2. The molecular formula is C31H19F3N6O8. The van der Waals surface area contributed by atoms with E-state index in [1.165, 1.54) is 79.1 Å². The second-order valence-corrected chi connectivity index (χ2v) is 9.58. The van der Waals surface area contributed by atoms with Gasteiger partial charge in [0.05, 0.1) is 26.4 Å². The molecule has 0 radical (unpaired) electrons. The molecule has 0 aliphatic carbocycles. The van der Waals surface area contributed by atoms with Crippen molar-refractivity contribution in [3.63, 3.8) is 0 Å². The Morgan fingerprint density at radius 2 is 1.27 bits per heavy atom. The molecule has 17 heteroatoms. The van der Waals surface area contributed by atoms with Crippen molar-refractivity contribution in [2.75, 3.05) is 0 Å². The fraction of sp³-hybridized carbons (Fsp3) is 0.0323. The largest absolute Gasteiger partial charge is 0.477 e. The average Bonchev–Trinajstić information content (AvgIpc) is 3.49. The molecule has 2 N–H and O–H groups in total. The first-order valence-electron chi connectivity index (χ1n) is 13.4. The van der Waals surface area contributed by atoms with E-state index in [-0.39, 0.29) is 28.4 Å². The maximum atomic E-state index is 12.9. The third kappa shape index (κ3) is 8.02. The number of carbonyl (C=O) groups is 1. The number of imidazole rings is 1. The molecule has 3 aromatic heterocycles. The van der Waals surface area contributed by atoms with Gasteiger partial charge < -0.3 is 19.6 Å². The van der Waals surface area contributed by atoms with Crippen LogP contribution in [0.15, 0.2) is 103 Å². The zero-order valence-electron chi connectivity index (χ0n) is 24.0. The van der Waals surface area contributed by atoms with E-state index in [1.54, 1.807) is 12.1 Å². The van der Waals surface area contributed by atoms with E-state index in [0.717, 1.165) is 12.1 Å². The first kappa shape index (κ1) is 32.5. The van der Waals surface area contributed by atoms with Crippen LogP contribution in [0.5, 0.6) is 23.0 Å². The van der Waals surface area contributed by atoms with E-state index < -0.39 is 27.6 Å². The van der Waals surface area contributed by atoms with Crippen LogP contribution in [-0.2, 0) is 6.18 Å². The molecule has 0 saturated carbocycles. The molecule has 48 heavy (non-hydrogen) atoms. The molecule has 0 atom stereocenters. The summed E-state index contributed by atoms with van der Waals surface area (Å²) < 4.78 is 49.7. The molecule has 0 saturated heterocycles. The number of nitro groups is 2. The van der Waals surface area contributed by atoms with Crippen molar-refractivity contribution in [1.29, 1.82) is 0 Å². The molecule has 3 aromatic carbocycles. The molecule has 6 rings (SSSR count). The lowest BCUT2D eigenvalue weighted by Gasteiger charge is -2.06. The molecule has 0 aliphatic heterocycles. The lowest BCUT2D eigenvalue weighted by Crippen LogP contribution is -2.04. The predicted molar refractivity (Wildman–Crippen MR) is 162 cm³/mol. The molecule has 0 unspecified atom stereocenters. The SMILES string of the molecule is O=C(O)c1cc(Oc2ccc([N+](=O)[O-])cc2)ccn1.O=[N+]([O-])c1ccc(Oc2ccnc(-c3nc4ccc(C(F)(F)F)cc4[nH]3)c2)cc1. The number of nitro benzene ring substituents is 2. The van der Waals surface area contributed by atoms with E-state index in [2.05, 4.69) is 19.9 Å². The van der Waals surface area contributed by atoms with Gasteiger partial charge in [-0.2, -0.15) is 13.2 Å². The zero-order chi connectivity index (χ0) is 34.4. The minimum Gasteiger partial charge on any atom is -0.477 e. The summed E-state index contributed by atoms with van der Waals surface area (Å²) in [5, 5.41) is 30.0. The number of benzene rings is 3. The Hall–Kier alpha value is -6.91. The Bertz CT molecular complexity index is 2120. The monoisotopic (exact) mass is 660 g/mol. The van der Waals surface area contributed by atoms with Crippen LogP contribution in [0.4, 0.5) is 24.5 Å². The number of hydrogen-bond acceptors (Lipinski definition) is 10. The fourth-order valence-corrected chi connectivity index (χ4v) is 4.05. The summed E-state index contributed by atoms with van der Waals surface area (Å²) in [6.07, 6.45) is -1.68. The second kappa shape index (κ2) is 13.6. The quantitative estimate of drug-likeness (QED) is 0.119. The minimum atomic E-state index is -4.45. The van der Waals surface area contributed by atoms with Gasteiger partial charge in [-0.05, 0) is 54.6 Å². The zero-order valence-corrected chi connectivity index (χ0v) is 24.0. The fourth-order valence-electron chi connectivity index (χ4n) is 4.05. The van der Waals surface area contributed by atoms with Crippen LogP contribution in [0.25, 0.3) is 22.6 Å². The number of hydrogen-bond donors (Lipinski definition) is 2. The Morgan fingerprint density at radius 3 is 1.79 bits per heavy atom. The number of H-pyrrole nitrogens is 1. The number of alkyl halides is 3. The van der Waals surface area contributed by atoms with Gasteiger partial charge >= 0.3 is 12.1 Å². The number of aromatic carboxylic acids is 1. The maximum absolute atomic E-state index is 12.9. The number of nitrogens with one attached hydrogen (secondary N) is 1. The number of rotatable bonds is 8. The molecule has 6 aromatic rings. The number of carboxylic acid groups (broad SMARTS) is 1. The summed E-state index contributed by atoms with van der Waals surface area (Å²) in [7, 11) is 0. The highest BCUT2D eigenvalue weighted by molar-refractivity contribution is 5.85. The van der Waals surface area contributed by atoms with Gasteiger partial charge in [0.25, 0.3) is 11.4 Å². The number of non-ortho nitro benzene ring substituents is 2. The highest BCUT2D eigenvalue weighted by Gasteiger charge is 2.30. The van der Waals surface area contributed by atoms with Crippen LogP contribution in [0, 0.1) is 20.2 Å². The van der Waals surface area contributed by atoms with Crippen molar-refractivity contribution in [2.45, 2.75) is 6.18 Å². The van der Waals surface area contributed by atoms with Crippen molar-refractivity contribution in [3.05, 3.63) is 135 Å². The molecule has 0 bridgehead atoms. The first-order chi connectivity index (χ1) is 22.9.